The Morgan fingerprint density at radius 1 is 1.50 bits per heavy atom. The molecule has 0 bridgehead atoms. The number of ether oxygens (including phenoxy) is 1. The minimum absolute atomic E-state index is 0.128. The van der Waals surface area contributed by atoms with E-state index in [0.717, 1.165) is 0 Å². The zero-order valence-electron chi connectivity index (χ0n) is 8.71. The maximum atomic E-state index is 11.5. The molecule has 1 aromatic rings. The van der Waals surface area contributed by atoms with Crippen molar-refractivity contribution in [3.8, 4) is 6.01 Å². The Balaban J connectivity index is 2.65. The van der Waals surface area contributed by atoms with Gasteiger partial charge in [0, 0.05) is 5.41 Å². The van der Waals surface area contributed by atoms with E-state index in [1.807, 2.05) is 20.8 Å². The molecule has 0 saturated carbocycles. The average Bonchev–Trinajstić information content (AvgIpc) is 2.50. The van der Waals surface area contributed by atoms with Crippen molar-refractivity contribution in [1.82, 2.24) is 15.2 Å². The number of H-pyrrole nitrogens is 1. The van der Waals surface area contributed by atoms with Crippen molar-refractivity contribution in [3.63, 3.8) is 0 Å². The highest BCUT2D eigenvalue weighted by atomic mass is 16.5. The van der Waals surface area contributed by atoms with Crippen LogP contribution in [0, 0.1) is 5.41 Å². The van der Waals surface area contributed by atoms with Crippen LogP contribution in [0.4, 0.5) is 5.95 Å². The highest BCUT2D eigenvalue weighted by molar-refractivity contribution is 5.92. The molecule has 0 saturated heterocycles. The Kier molecular flexibility index (Phi) is 2.73. The molecule has 2 N–H and O–H groups in total. The number of aromatic nitrogens is 3. The number of amides is 1. The van der Waals surface area contributed by atoms with E-state index in [0.29, 0.717) is 5.95 Å². The van der Waals surface area contributed by atoms with Gasteiger partial charge in [0.1, 0.15) is 0 Å². The fourth-order valence-corrected chi connectivity index (χ4v) is 0.689. The number of nitrogens with one attached hydrogen (secondary N) is 2. The summed E-state index contributed by atoms with van der Waals surface area (Å²) < 4.78 is 4.76. The summed E-state index contributed by atoms with van der Waals surface area (Å²) in [5, 5.41) is 8.83. The van der Waals surface area contributed by atoms with Crippen LogP contribution in [0.2, 0.25) is 0 Å². The van der Waals surface area contributed by atoms with Crippen molar-refractivity contribution in [1.29, 1.82) is 0 Å². The Morgan fingerprint density at radius 2 is 2.14 bits per heavy atom. The van der Waals surface area contributed by atoms with Gasteiger partial charge < -0.3 is 4.74 Å². The Bertz CT molecular complexity index is 326. The summed E-state index contributed by atoms with van der Waals surface area (Å²) in [5.74, 6) is 0.165. The highest BCUT2D eigenvalue weighted by Gasteiger charge is 2.22. The number of carbonyl (C=O) groups is 1. The molecule has 0 spiro atoms. The van der Waals surface area contributed by atoms with Crippen molar-refractivity contribution in [2.45, 2.75) is 20.8 Å². The van der Waals surface area contributed by atoms with E-state index < -0.39 is 5.41 Å². The van der Waals surface area contributed by atoms with Gasteiger partial charge in [-0.2, -0.15) is 4.98 Å². The number of hydrogen-bond donors (Lipinski definition) is 2. The summed E-state index contributed by atoms with van der Waals surface area (Å²) >= 11 is 0. The van der Waals surface area contributed by atoms with E-state index in [-0.39, 0.29) is 11.9 Å². The highest BCUT2D eigenvalue weighted by Crippen LogP contribution is 2.15. The van der Waals surface area contributed by atoms with Crippen LogP contribution in [0.1, 0.15) is 20.8 Å². The van der Waals surface area contributed by atoms with E-state index in [1.54, 1.807) is 0 Å². The van der Waals surface area contributed by atoms with E-state index in [2.05, 4.69) is 20.5 Å². The van der Waals surface area contributed by atoms with Gasteiger partial charge in [-0.25, -0.2) is 5.10 Å². The first-order valence-electron chi connectivity index (χ1n) is 4.21. The largest absolute Gasteiger partial charge is 0.466 e. The second-order valence-electron chi connectivity index (χ2n) is 3.87. The quantitative estimate of drug-likeness (QED) is 0.736. The number of anilines is 1. The van der Waals surface area contributed by atoms with E-state index >= 15 is 0 Å². The Labute approximate surface area is 82.1 Å². The molecular weight excluding hydrogens is 184 g/mol. The van der Waals surface area contributed by atoms with E-state index in [1.165, 1.54) is 7.11 Å². The van der Waals surface area contributed by atoms with Gasteiger partial charge in [0.25, 0.3) is 0 Å². The molecule has 0 aliphatic rings. The maximum Gasteiger partial charge on any atom is 0.336 e. The molecule has 14 heavy (non-hydrogen) atoms. The van der Waals surface area contributed by atoms with Crippen LogP contribution >= 0.6 is 0 Å². The molecule has 0 aliphatic heterocycles. The van der Waals surface area contributed by atoms with Crippen molar-refractivity contribution in [2.24, 2.45) is 5.41 Å². The first kappa shape index (κ1) is 10.5. The summed E-state index contributed by atoms with van der Waals surface area (Å²) in [6, 6.07) is 0.203. The van der Waals surface area contributed by atoms with Gasteiger partial charge in [-0.15, -0.1) is 5.10 Å². The minimum Gasteiger partial charge on any atom is -0.466 e. The SMILES string of the molecule is COc1n[nH]c(NC(=O)C(C)(C)C)n1. The van der Waals surface area contributed by atoms with Crippen LogP contribution in [0.3, 0.4) is 0 Å². The smallest absolute Gasteiger partial charge is 0.336 e. The molecule has 6 heteroatoms. The van der Waals surface area contributed by atoms with E-state index in [4.69, 9.17) is 4.74 Å². The molecule has 0 atom stereocenters. The summed E-state index contributed by atoms with van der Waals surface area (Å²) in [6.45, 7) is 5.45. The van der Waals surface area contributed by atoms with Crippen molar-refractivity contribution < 1.29 is 9.53 Å². The number of carbonyl (C=O) groups excluding carboxylic acids is 1. The molecule has 1 heterocycles. The third kappa shape index (κ3) is 2.45. The lowest BCUT2D eigenvalue weighted by Gasteiger charge is -2.15. The maximum absolute atomic E-state index is 11.5. The standard InChI is InChI=1S/C8H14N4O2/c1-8(2,3)5(13)9-6-10-7(14-4)12-11-6/h1-4H3,(H2,9,10,11,12,13). The van der Waals surface area contributed by atoms with Crippen LogP contribution in [-0.2, 0) is 4.79 Å². The van der Waals surface area contributed by atoms with E-state index in [9.17, 15) is 4.79 Å². The summed E-state index contributed by atoms with van der Waals surface area (Å²) in [5.41, 5.74) is -0.458. The first-order chi connectivity index (χ1) is 6.43. The molecule has 78 valence electrons. The van der Waals surface area contributed by atoms with Gasteiger partial charge in [-0.3, -0.25) is 10.1 Å². The van der Waals surface area contributed by atoms with Crippen LogP contribution in [0.25, 0.3) is 0 Å². The van der Waals surface area contributed by atoms with Gasteiger partial charge in [0.2, 0.25) is 11.9 Å². The summed E-state index contributed by atoms with van der Waals surface area (Å²) in [7, 11) is 1.46. The molecule has 1 rings (SSSR count). The normalized spacial score (nSPS) is 11.1. The summed E-state index contributed by atoms with van der Waals surface area (Å²) in [6.07, 6.45) is 0. The molecule has 0 aromatic carbocycles. The molecule has 0 radical (unpaired) electrons. The number of methoxy groups -OCH3 is 1. The topological polar surface area (TPSA) is 79.9 Å². The molecule has 0 aliphatic carbocycles. The van der Waals surface area contributed by atoms with Crippen LogP contribution < -0.4 is 10.1 Å². The van der Waals surface area contributed by atoms with Crippen LogP contribution in [-0.4, -0.2) is 28.2 Å². The predicted molar refractivity (Wildman–Crippen MR) is 51.0 cm³/mol. The number of aromatic amines is 1. The first-order valence-corrected chi connectivity index (χ1v) is 4.21. The molecule has 1 amide bonds. The predicted octanol–water partition coefficient (Wildman–Crippen LogP) is 0.798. The molecular formula is C8H14N4O2. The number of nitrogens with zero attached hydrogens (tertiary/aromatic N) is 2. The second kappa shape index (κ2) is 3.65. The number of rotatable bonds is 2. The zero-order chi connectivity index (χ0) is 10.8. The Morgan fingerprint density at radius 3 is 2.57 bits per heavy atom. The lowest BCUT2D eigenvalue weighted by molar-refractivity contribution is -0.123. The third-order valence-corrected chi connectivity index (χ3v) is 1.56. The van der Waals surface area contributed by atoms with Crippen molar-refractivity contribution in [2.75, 3.05) is 12.4 Å². The average molecular weight is 198 g/mol. The second-order valence-corrected chi connectivity index (χ2v) is 3.87. The fourth-order valence-electron chi connectivity index (χ4n) is 0.689. The van der Waals surface area contributed by atoms with Crippen LogP contribution in [0.5, 0.6) is 6.01 Å². The lowest BCUT2D eigenvalue weighted by Crippen LogP contribution is -2.28. The third-order valence-electron chi connectivity index (χ3n) is 1.56. The molecule has 0 fully saturated rings. The number of hydrogen-bond acceptors (Lipinski definition) is 4. The van der Waals surface area contributed by atoms with Gasteiger partial charge in [-0.05, 0) is 0 Å². The summed E-state index contributed by atoms with van der Waals surface area (Å²) in [4.78, 5) is 15.4. The molecule has 0 unspecified atom stereocenters. The van der Waals surface area contributed by atoms with Crippen LogP contribution in [0.15, 0.2) is 0 Å². The monoisotopic (exact) mass is 198 g/mol. The van der Waals surface area contributed by atoms with Gasteiger partial charge in [0.15, 0.2) is 0 Å². The molecule has 1 aromatic heterocycles. The van der Waals surface area contributed by atoms with Gasteiger partial charge in [0.05, 0.1) is 7.11 Å². The van der Waals surface area contributed by atoms with Gasteiger partial charge in [-0.1, -0.05) is 20.8 Å². The van der Waals surface area contributed by atoms with Crippen molar-refractivity contribution in [3.05, 3.63) is 0 Å². The van der Waals surface area contributed by atoms with Gasteiger partial charge >= 0.3 is 6.01 Å². The lowest BCUT2D eigenvalue weighted by atomic mass is 9.96. The fraction of sp³-hybridized carbons (Fsp3) is 0.625. The molecule has 6 nitrogen and oxygen atoms in total. The minimum atomic E-state index is -0.458. The Hall–Kier alpha value is -1.59. The van der Waals surface area contributed by atoms with Crippen molar-refractivity contribution >= 4 is 11.9 Å². The zero-order valence-corrected chi connectivity index (χ0v) is 8.71.